The largest absolute Gasteiger partial charge is 0.505 e. The highest BCUT2D eigenvalue weighted by atomic mass is 16.3. The summed E-state index contributed by atoms with van der Waals surface area (Å²) in [7, 11) is 0. The molecule has 2 aromatic carbocycles. The summed E-state index contributed by atoms with van der Waals surface area (Å²) >= 11 is 0. The standard InChI is InChI=1S/C25H29N3O5/c1-3-17(19-12-11-15(2)33-19)26-20-21(24(31)23(20)30)27-18-10-8-9-16(22(18)29)25(32)28-13-6-4-5-7-14-28/h8-12,17,26-27,29H,3-7,13-14H2,1-2H3/t17-/m1/s1. The Morgan fingerprint density at radius 2 is 1.76 bits per heavy atom. The molecule has 33 heavy (non-hydrogen) atoms. The van der Waals surface area contributed by atoms with Crippen LogP contribution in [0.3, 0.4) is 0 Å². The summed E-state index contributed by atoms with van der Waals surface area (Å²) in [6.45, 7) is 5.10. The molecule has 4 rings (SSSR count). The molecule has 1 fully saturated rings. The molecule has 0 aliphatic carbocycles. The predicted molar refractivity (Wildman–Crippen MR) is 127 cm³/mol. The molecule has 0 bridgehead atoms. The van der Waals surface area contributed by atoms with E-state index in [-0.39, 0.29) is 40.3 Å². The number of benzene rings is 1. The van der Waals surface area contributed by atoms with Gasteiger partial charge in [-0.2, -0.15) is 0 Å². The van der Waals surface area contributed by atoms with E-state index in [9.17, 15) is 19.5 Å². The third kappa shape index (κ3) is 4.51. The number of aryl methyl sites for hydroxylation is 1. The third-order valence-electron chi connectivity index (χ3n) is 6.16. The second-order valence-corrected chi connectivity index (χ2v) is 8.49. The number of nitrogens with zero attached hydrogens (tertiary/aromatic N) is 1. The van der Waals surface area contributed by atoms with E-state index >= 15 is 0 Å². The molecular weight excluding hydrogens is 422 g/mol. The lowest BCUT2D eigenvalue weighted by Crippen LogP contribution is -2.37. The molecule has 174 valence electrons. The van der Waals surface area contributed by atoms with E-state index in [2.05, 4.69) is 10.6 Å². The van der Waals surface area contributed by atoms with Crippen molar-refractivity contribution < 1.29 is 14.3 Å². The Bertz CT molecular complexity index is 1210. The summed E-state index contributed by atoms with van der Waals surface area (Å²) in [5.41, 5.74) is -0.719. The number of likely N-dealkylation sites (tertiary alicyclic amines) is 1. The van der Waals surface area contributed by atoms with E-state index < -0.39 is 10.9 Å². The van der Waals surface area contributed by atoms with Crippen LogP contribution in [0.25, 0.3) is 0 Å². The van der Waals surface area contributed by atoms with Crippen LogP contribution in [0, 0.1) is 6.92 Å². The van der Waals surface area contributed by atoms with Gasteiger partial charge in [0.15, 0.2) is 5.75 Å². The Morgan fingerprint density at radius 1 is 1.06 bits per heavy atom. The zero-order valence-corrected chi connectivity index (χ0v) is 18.9. The fraction of sp³-hybridized carbons (Fsp3) is 0.400. The fourth-order valence-corrected chi connectivity index (χ4v) is 4.23. The molecule has 3 N–H and O–H groups in total. The summed E-state index contributed by atoms with van der Waals surface area (Å²) < 4.78 is 5.67. The van der Waals surface area contributed by atoms with E-state index in [0.29, 0.717) is 25.3 Å². The number of aromatic hydroxyl groups is 1. The maximum absolute atomic E-state index is 13.0. The molecular formula is C25H29N3O5. The van der Waals surface area contributed by atoms with Crippen LogP contribution in [0.15, 0.2) is 44.3 Å². The number of anilines is 3. The number of nitrogens with one attached hydrogen (secondary N) is 2. The Kier molecular flexibility index (Phi) is 6.53. The van der Waals surface area contributed by atoms with Crippen molar-refractivity contribution in [1.82, 2.24) is 4.90 Å². The molecule has 0 saturated carbocycles. The average Bonchev–Trinajstić information content (AvgIpc) is 3.07. The number of carbonyl (C=O) groups is 1. The van der Waals surface area contributed by atoms with Crippen molar-refractivity contribution in [3.63, 3.8) is 0 Å². The molecule has 1 saturated heterocycles. The van der Waals surface area contributed by atoms with Crippen LogP contribution in [0.5, 0.6) is 5.75 Å². The normalized spacial score (nSPS) is 15.3. The average molecular weight is 452 g/mol. The minimum Gasteiger partial charge on any atom is -0.505 e. The number of para-hydroxylation sites is 1. The van der Waals surface area contributed by atoms with Gasteiger partial charge in [0, 0.05) is 13.1 Å². The third-order valence-corrected chi connectivity index (χ3v) is 6.16. The summed E-state index contributed by atoms with van der Waals surface area (Å²) in [4.78, 5) is 39.4. The molecule has 0 unspecified atom stereocenters. The smallest absolute Gasteiger partial charge is 0.257 e. The zero-order chi connectivity index (χ0) is 23.5. The van der Waals surface area contributed by atoms with Gasteiger partial charge < -0.3 is 25.1 Å². The Labute approximate surface area is 191 Å². The quantitative estimate of drug-likeness (QED) is 0.364. The maximum Gasteiger partial charge on any atom is 0.257 e. The topological polar surface area (TPSA) is 112 Å². The molecule has 0 spiro atoms. The number of hydrogen-bond acceptors (Lipinski definition) is 7. The van der Waals surface area contributed by atoms with Gasteiger partial charge in [-0.15, -0.1) is 0 Å². The summed E-state index contributed by atoms with van der Waals surface area (Å²) in [5, 5.41) is 16.8. The SMILES string of the molecule is CC[C@@H](Nc1c(Nc2cccc(C(=O)N3CCCCCC3)c2O)c(=O)c1=O)c1ccc(C)o1. The highest BCUT2D eigenvalue weighted by molar-refractivity contribution is 5.99. The molecule has 0 radical (unpaired) electrons. The van der Waals surface area contributed by atoms with E-state index in [1.165, 1.54) is 0 Å². The monoisotopic (exact) mass is 451 g/mol. The number of rotatable bonds is 7. The Hall–Kier alpha value is -3.55. The van der Waals surface area contributed by atoms with E-state index in [1.54, 1.807) is 23.1 Å². The van der Waals surface area contributed by atoms with Crippen molar-refractivity contribution in [1.29, 1.82) is 0 Å². The first-order valence-electron chi connectivity index (χ1n) is 11.4. The predicted octanol–water partition coefficient (Wildman–Crippen LogP) is 4.21. The van der Waals surface area contributed by atoms with Crippen molar-refractivity contribution in [3.05, 3.63) is 67.9 Å². The zero-order valence-electron chi connectivity index (χ0n) is 18.9. The van der Waals surface area contributed by atoms with Crippen molar-refractivity contribution >= 4 is 23.0 Å². The number of phenolic OH excluding ortho intramolecular Hbond substituents is 1. The van der Waals surface area contributed by atoms with Crippen molar-refractivity contribution in [2.45, 2.75) is 52.0 Å². The van der Waals surface area contributed by atoms with Crippen molar-refractivity contribution in [3.8, 4) is 5.75 Å². The minimum atomic E-state index is -0.674. The maximum atomic E-state index is 13.0. The molecule has 1 aromatic heterocycles. The molecule has 1 amide bonds. The Balaban J connectivity index is 1.57. The second-order valence-electron chi connectivity index (χ2n) is 8.49. The number of carbonyl (C=O) groups excluding carboxylic acids is 1. The van der Waals surface area contributed by atoms with Gasteiger partial charge in [-0.05, 0) is 50.5 Å². The van der Waals surface area contributed by atoms with Gasteiger partial charge >= 0.3 is 0 Å². The molecule has 1 aliphatic heterocycles. The lowest BCUT2D eigenvalue weighted by Gasteiger charge is -2.22. The van der Waals surface area contributed by atoms with Gasteiger partial charge in [0.25, 0.3) is 16.8 Å². The van der Waals surface area contributed by atoms with E-state index in [0.717, 1.165) is 31.4 Å². The molecule has 8 heteroatoms. The van der Waals surface area contributed by atoms with Crippen LogP contribution in [-0.2, 0) is 0 Å². The lowest BCUT2D eigenvalue weighted by atomic mass is 10.1. The van der Waals surface area contributed by atoms with E-state index in [4.69, 9.17) is 4.42 Å². The molecule has 1 atom stereocenters. The summed E-state index contributed by atoms with van der Waals surface area (Å²) in [6, 6.07) is 8.17. The fourth-order valence-electron chi connectivity index (χ4n) is 4.23. The van der Waals surface area contributed by atoms with Crippen LogP contribution < -0.4 is 21.5 Å². The summed E-state index contributed by atoms with van der Waals surface area (Å²) in [6.07, 6.45) is 4.70. The van der Waals surface area contributed by atoms with Gasteiger partial charge in [-0.3, -0.25) is 14.4 Å². The molecule has 2 heterocycles. The first kappa shape index (κ1) is 22.6. The van der Waals surface area contributed by atoms with Crippen LogP contribution >= 0.6 is 0 Å². The highest BCUT2D eigenvalue weighted by Crippen LogP contribution is 2.34. The number of amides is 1. The van der Waals surface area contributed by atoms with Gasteiger partial charge in [-0.25, -0.2) is 0 Å². The van der Waals surface area contributed by atoms with Crippen molar-refractivity contribution in [2.24, 2.45) is 0 Å². The molecule has 3 aromatic rings. The first-order valence-corrected chi connectivity index (χ1v) is 11.4. The Morgan fingerprint density at radius 3 is 2.39 bits per heavy atom. The van der Waals surface area contributed by atoms with E-state index in [1.807, 2.05) is 26.0 Å². The van der Waals surface area contributed by atoms with Gasteiger partial charge in [0.2, 0.25) is 0 Å². The molecule has 8 nitrogen and oxygen atoms in total. The van der Waals surface area contributed by atoms with Gasteiger partial charge in [0.05, 0.1) is 17.3 Å². The number of furan rings is 1. The minimum absolute atomic E-state index is 0.0661. The van der Waals surface area contributed by atoms with Crippen LogP contribution in [0.1, 0.15) is 66.9 Å². The van der Waals surface area contributed by atoms with Crippen LogP contribution in [0.2, 0.25) is 0 Å². The van der Waals surface area contributed by atoms with Gasteiger partial charge in [0.1, 0.15) is 22.9 Å². The lowest BCUT2D eigenvalue weighted by molar-refractivity contribution is 0.0758. The summed E-state index contributed by atoms with van der Waals surface area (Å²) in [5.74, 6) is 0.950. The number of phenols is 1. The molecule has 1 aliphatic rings. The van der Waals surface area contributed by atoms with Crippen molar-refractivity contribution in [2.75, 3.05) is 23.7 Å². The highest BCUT2D eigenvalue weighted by Gasteiger charge is 2.27. The van der Waals surface area contributed by atoms with Crippen LogP contribution in [0.4, 0.5) is 17.1 Å². The first-order chi connectivity index (χ1) is 15.9. The number of hydrogen-bond donors (Lipinski definition) is 3. The van der Waals surface area contributed by atoms with Gasteiger partial charge in [-0.1, -0.05) is 25.8 Å². The van der Waals surface area contributed by atoms with Crippen LogP contribution in [-0.4, -0.2) is 29.0 Å². The second kappa shape index (κ2) is 9.52.